The third-order valence-electron chi connectivity index (χ3n) is 3.65. The van der Waals surface area contributed by atoms with Gasteiger partial charge in [0.2, 0.25) is 0 Å². The highest BCUT2D eigenvalue weighted by Crippen LogP contribution is 2.38. The van der Waals surface area contributed by atoms with E-state index in [9.17, 15) is 9.59 Å². The molecule has 2 N–H and O–H groups in total. The lowest BCUT2D eigenvalue weighted by molar-refractivity contribution is 0.0929. The van der Waals surface area contributed by atoms with E-state index in [1.54, 1.807) is 23.1 Å². The number of nitrogens with zero attached hydrogens (tertiary/aromatic N) is 1. The van der Waals surface area contributed by atoms with Crippen LogP contribution >= 0.6 is 0 Å². The SMILES string of the molecule is O=C1NC2c3ccccc3NC(=O)N2c2ccccc21. The Balaban J connectivity index is 1.94. The van der Waals surface area contributed by atoms with E-state index in [2.05, 4.69) is 10.6 Å². The van der Waals surface area contributed by atoms with E-state index in [1.165, 1.54) is 0 Å². The van der Waals surface area contributed by atoms with Crippen molar-refractivity contribution in [3.63, 3.8) is 0 Å². The quantitative estimate of drug-likeness (QED) is 0.768. The Morgan fingerprint density at radius 2 is 1.70 bits per heavy atom. The van der Waals surface area contributed by atoms with Crippen LogP contribution in [0.5, 0.6) is 0 Å². The zero-order chi connectivity index (χ0) is 13.7. The highest BCUT2D eigenvalue weighted by Gasteiger charge is 2.39. The van der Waals surface area contributed by atoms with Gasteiger partial charge in [-0.15, -0.1) is 0 Å². The maximum atomic E-state index is 12.3. The molecule has 0 aromatic heterocycles. The van der Waals surface area contributed by atoms with Gasteiger partial charge in [0.15, 0.2) is 0 Å². The van der Waals surface area contributed by atoms with Crippen LogP contribution in [-0.2, 0) is 0 Å². The van der Waals surface area contributed by atoms with Crippen molar-refractivity contribution < 1.29 is 9.59 Å². The fraction of sp³-hybridized carbons (Fsp3) is 0.0667. The first kappa shape index (κ1) is 11.0. The summed E-state index contributed by atoms with van der Waals surface area (Å²) in [4.78, 5) is 26.1. The third kappa shape index (κ3) is 1.37. The molecule has 4 rings (SSSR count). The number of hydrogen-bond donors (Lipinski definition) is 2. The first-order chi connectivity index (χ1) is 9.75. The first-order valence-electron chi connectivity index (χ1n) is 6.35. The highest BCUT2D eigenvalue weighted by molar-refractivity contribution is 6.12. The Hall–Kier alpha value is -2.82. The summed E-state index contributed by atoms with van der Waals surface area (Å²) in [5, 5.41) is 5.74. The van der Waals surface area contributed by atoms with Crippen LogP contribution in [0, 0.1) is 0 Å². The van der Waals surface area contributed by atoms with Crippen LogP contribution in [-0.4, -0.2) is 11.9 Å². The fourth-order valence-electron chi connectivity index (χ4n) is 2.75. The minimum Gasteiger partial charge on any atom is -0.327 e. The number of amides is 3. The molecule has 3 amide bonds. The van der Waals surface area contributed by atoms with Gasteiger partial charge < -0.3 is 10.6 Å². The second kappa shape index (κ2) is 3.84. The maximum absolute atomic E-state index is 12.3. The lowest BCUT2D eigenvalue weighted by Gasteiger charge is -2.41. The van der Waals surface area contributed by atoms with Gasteiger partial charge in [-0.3, -0.25) is 9.69 Å². The number of benzene rings is 2. The Morgan fingerprint density at radius 1 is 0.950 bits per heavy atom. The van der Waals surface area contributed by atoms with E-state index in [0.29, 0.717) is 11.3 Å². The molecule has 1 unspecified atom stereocenters. The fourth-order valence-corrected chi connectivity index (χ4v) is 2.75. The number of fused-ring (bicyclic) bond motifs is 5. The molecular weight excluding hydrogens is 254 g/mol. The van der Waals surface area contributed by atoms with Crippen LogP contribution in [0.15, 0.2) is 48.5 Å². The van der Waals surface area contributed by atoms with E-state index in [1.807, 2.05) is 30.3 Å². The molecule has 1 atom stereocenters. The largest absolute Gasteiger partial charge is 0.328 e. The van der Waals surface area contributed by atoms with E-state index in [-0.39, 0.29) is 11.9 Å². The van der Waals surface area contributed by atoms with Crippen LogP contribution in [0.2, 0.25) is 0 Å². The maximum Gasteiger partial charge on any atom is 0.328 e. The standard InChI is InChI=1S/C15H11N3O2/c19-14-10-6-2-4-8-12(10)18-13(17-14)9-5-1-3-7-11(9)16-15(18)20/h1-8,13H,(H,16,20)(H,17,19). The molecule has 2 aliphatic heterocycles. The number of urea groups is 1. The second-order valence-electron chi connectivity index (χ2n) is 4.78. The van der Waals surface area contributed by atoms with Crippen molar-refractivity contribution in [2.45, 2.75) is 6.17 Å². The summed E-state index contributed by atoms with van der Waals surface area (Å²) < 4.78 is 0. The average molecular weight is 265 g/mol. The number of carbonyl (C=O) groups is 2. The smallest absolute Gasteiger partial charge is 0.327 e. The van der Waals surface area contributed by atoms with Crippen LogP contribution < -0.4 is 15.5 Å². The van der Waals surface area contributed by atoms with Gasteiger partial charge in [-0.2, -0.15) is 0 Å². The van der Waals surface area contributed by atoms with E-state index < -0.39 is 6.17 Å². The number of rotatable bonds is 0. The van der Waals surface area contributed by atoms with Gasteiger partial charge in [0.25, 0.3) is 5.91 Å². The van der Waals surface area contributed by atoms with Crippen molar-refractivity contribution >= 4 is 23.3 Å². The van der Waals surface area contributed by atoms with Crippen molar-refractivity contribution in [3.05, 3.63) is 59.7 Å². The summed E-state index contributed by atoms with van der Waals surface area (Å²) in [5.41, 5.74) is 2.76. The Morgan fingerprint density at radius 3 is 2.60 bits per heavy atom. The van der Waals surface area contributed by atoms with Crippen molar-refractivity contribution in [3.8, 4) is 0 Å². The molecule has 2 aliphatic rings. The summed E-state index contributed by atoms with van der Waals surface area (Å²) in [5.74, 6) is -0.161. The van der Waals surface area contributed by atoms with Gasteiger partial charge >= 0.3 is 6.03 Å². The van der Waals surface area contributed by atoms with Crippen molar-refractivity contribution in [2.24, 2.45) is 0 Å². The summed E-state index contributed by atoms with van der Waals surface area (Å²) in [7, 11) is 0. The first-order valence-corrected chi connectivity index (χ1v) is 6.35. The molecule has 20 heavy (non-hydrogen) atoms. The lowest BCUT2D eigenvalue weighted by Crippen LogP contribution is -2.53. The molecule has 98 valence electrons. The summed E-state index contributed by atoms with van der Waals surface area (Å²) in [6, 6.07) is 14.4. The van der Waals surface area contributed by atoms with Crippen molar-refractivity contribution in [1.29, 1.82) is 0 Å². The van der Waals surface area contributed by atoms with E-state index in [4.69, 9.17) is 0 Å². The Bertz CT molecular complexity index is 741. The minimum atomic E-state index is -0.456. The Labute approximate surface area is 115 Å². The van der Waals surface area contributed by atoms with Gasteiger partial charge in [-0.05, 0) is 18.2 Å². The number of anilines is 2. The zero-order valence-electron chi connectivity index (χ0n) is 10.5. The van der Waals surface area contributed by atoms with Crippen LogP contribution in [0.4, 0.5) is 16.2 Å². The third-order valence-corrected chi connectivity index (χ3v) is 3.65. The number of hydrogen-bond acceptors (Lipinski definition) is 2. The molecule has 0 bridgehead atoms. The monoisotopic (exact) mass is 265 g/mol. The Kier molecular flexibility index (Phi) is 2.12. The van der Waals surface area contributed by atoms with Crippen molar-refractivity contribution in [1.82, 2.24) is 5.32 Å². The number of carbonyl (C=O) groups excluding carboxylic acids is 2. The van der Waals surface area contributed by atoms with E-state index >= 15 is 0 Å². The van der Waals surface area contributed by atoms with Crippen LogP contribution in [0.3, 0.4) is 0 Å². The average Bonchev–Trinajstić information content (AvgIpc) is 2.47. The van der Waals surface area contributed by atoms with Gasteiger partial charge in [0, 0.05) is 11.3 Å². The number of para-hydroxylation sites is 2. The summed E-state index contributed by atoms with van der Waals surface area (Å²) in [6.45, 7) is 0. The number of nitrogens with one attached hydrogen (secondary N) is 2. The van der Waals surface area contributed by atoms with E-state index in [0.717, 1.165) is 11.3 Å². The topological polar surface area (TPSA) is 61.4 Å². The lowest BCUT2D eigenvalue weighted by atomic mass is 10.0. The van der Waals surface area contributed by atoms with Gasteiger partial charge in [-0.1, -0.05) is 30.3 Å². The van der Waals surface area contributed by atoms with Crippen molar-refractivity contribution in [2.75, 3.05) is 10.2 Å². The normalized spacial score (nSPS) is 19.4. The van der Waals surface area contributed by atoms with Gasteiger partial charge in [0.1, 0.15) is 6.17 Å². The molecule has 5 heteroatoms. The molecule has 0 aliphatic carbocycles. The minimum absolute atomic E-state index is 0.161. The molecule has 0 saturated carbocycles. The summed E-state index contributed by atoms with van der Waals surface area (Å²) >= 11 is 0. The molecule has 2 aromatic rings. The predicted molar refractivity (Wildman–Crippen MR) is 74.6 cm³/mol. The predicted octanol–water partition coefficient (Wildman–Crippen LogP) is 2.48. The second-order valence-corrected chi connectivity index (χ2v) is 4.78. The molecule has 5 nitrogen and oxygen atoms in total. The van der Waals surface area contributed by atoms with Gasteiger partial charge in [-0.25, -0.2) is 4.79 Å². The zero-order valence-corrected chi connectivity index (χ0v) is 10.5. The van der Waals surface area contributed by atoms with Gasteiger partial charge in [0.05, 0.1) is 11.3 Å². The molecule has 0 spiro atoms. The molecule has 0 saturated heterocycles. The molecular formula is C15H11N3O2. The van der Waals surface area contributed by atoms with Crippen LogP contribution in [0.1, 0.15) is 22.1 Å². The molecule has 2 aromatic carbocycles. The summed E-state index contributed by atoms with van der Waals surface area (Å²) in [6.07, 6.45) is -0.456. The molecule has 0 fully saturated rings. The highest BCUT2D eigenvalue weighted by atomic mass is 16.2. The molecule has 2 heterocycles. The van der Waals surface area contributed by atoms with Crippen LogP contribution in [0.25, 0.3) is 0 Å². The molecule has 0 radical (unpaired) electrons.